The highest BCUT2D eigenvalue weighted by molar-refractivity contribution is 7.98. The van der Waals surface area contributed by atoms with E-state index in [1.54, 1.807) is 18.8 Å². The van der Waals surface area contributed by atoms with Crippen molar-refractivity contribution < 1.29 is 9.32 Å². The van der Waals surface area contributed by atoms with E-state index >= 15 is 0 Å². The van der Waals surface area contributed by atoms with Gasteiger partial charge in [-0.2, -0.15) is 0 Å². The van der Waals surface area contributed by atoms with Gasteiger partial charge in [-0.15, -0.1) is 11.8 Å². The van der Waals surface area contributed by atoms with Crippen LogP contribution in [0.25, 0.3) is 0 Å². The molecule has 1 aromatic heterocycles. The molecule has 2 rings (SSSR count). The lowest BCUT2D eigenvalue weighted by Crippen LogP contribution is -2.18. The molecule has 0 aliphatic carbocycles. The third-order valence-electron chi connectivity index (χ3n) is 2.41. The number of benzene rings is 1. The van der Waals surface area contributed by atoms with Gasteiger partial charge in [-0.3, -0.25) is 4.79 Å². The van der Waals surface area contributed by atoms with Gasteiger partial charge >= 0.3 is 0 Å². The van der Waals surface area contributed by atoms with E-state index < -0.39 is 0 Å². The molecule has 1 amide bonds. The Bertz CT molecular complexity index is 551. The molecule has 0 saturated heterocycles. The van der Waals surface area contributed by atoms with Crippen LogP contribution < -0.4 is 5.32 Å². The van der Waals surface area contributed by atoms with Gasteiger partial charge in [0.15, 0.2) is 0 Å². The summed E-state index contributed by atoms with van der Waals surface area (Å²) in [4.78, 5) is 12.6. The SMILES string of the molecule is CNC(=O)c1ccccc1SCc1cc(C)no1. The van der Waals surface area contributed by atoms with Crippen LogP contribution in [0.4, 0.5) is 0 Å². The number of aryl methyl sites for hydroxylation is 1. The minimum absolute atomic E-state index is 0.0770. The maximum Gasteiger partial charge on any atom is 0.252 e. The molecule has 0 bridgehead atoms. The van der Waals surface area contributed by atoms with Crippen LogP contribution in [0.5, 0.6) is 0 Å². The van der Waals surface area contributed by atoms with Gasteiger partial charge in [-0.05, 0) is 19.1 Å². The molecule has 1 N–H and O–H groups in total. The summed E-state index contributed by atoms with van der Waals surface area (Å²) in [6, 6.07) is 9.41. The molecule has 0 radical (unpaired) electrons. The Hall–Kier alpha value is -1.75. The standard InChI is InChI=1S/C13H14N2O2S/c1-9-7-10(17-15-9)8-18-12-6-4-3-5-11(12)13(16)14-2/h3-7H,8H2,1-2H3,(H,14,16). The maximum absolute atomic E-state index is 11.7. The van der Waals surface area contributed by atoms with E-state index in [9.17, 15) is 4.79 Å². The molecule has 0 atom stereocenters. The molecule has 2 aromatic rings. The predicted octanol–water partition coefficient (Wildman–Crippen LogP) is 2.63. The molecule has 18 heavy (non-hydrogen) atoms. The Balaban J connectivity index is 2.11. The molecule has 1 heterocycles. The van der Waals surface area contributed by atoms with Crippen molar-refractivity contribution in [2.45, 2.75) is 17.6 Å². The van der Waals surface area contributed by atoms with Gasteiger partial charge in [0.05, 0.1) is 17.0 Å². The molecule has 0 saturated carbocycles. The molecular formula is C13H14N2O2S. The van der Waals surface area contributed by atoms with Gasteiger partial charge in [0, 0.05) is 18.0 Å². The first-order chi connectivity index (χ1) is 8.70. The fourth-order valence-electron chi connectivity index (χ4n) is 1.55. The van der Waals surface area contributed by atoms with Crippen molar-refractivity contribution in [1.29, 1.82) is 0 Å². The molecule has 4 nitrogen and oxygen atoms in total. The molecule has 0 aliphatic heterocycles. The smallest absolute Gasteiger partial charge is 0.252 e. The van der Waals surface area contributed by atoms with Gasteiger partial charge in [0.2, 0.25) is 0 Å². The second-order valence-corrected chi connectivity index (χ2v) is 4.82. The van der Waals surface area contributed by atoms with Crippen LogP contribution in [-0.2, 0) is 5.75 Å². The Morgan fingerprint density at radius 3 is 2.89 bits per heavy atom. The number of hydrogen-bond donors (Lipinski definition) is 1. The third kappa shape index (κ3) is 2.92. The average Bonchev–Trinajstić information content (AvgIpc) is 2.81. The van der Waals surface area contributed by atoms with E-state index in [0.29, 0.717) is 11.3 Å². The summed E-state index contributed by atoms with van der Waals surface area (Å²) < 4.78 is 5.14. The number of carbonyl (C=O) groups is 1. The van der Waals surface area contributed by atoms with E-state index in [0.717, 1.165) is 16.3 Å². The van der Waals surface area contributed by atoms with E-state index in [2.05, 4.69) is 10.5 Å². The second-order valence-electron chi connectivity index (χ2n) is 3.80. The third-order valence-corrected chi connectivity index (χ3v) is 3.50. The Labute approximate surface area is 110 Å². The molecule has 1 aromatic carbocycles. The van der Waals surface area contributed by atoms with E-state index in [1.165, 1.54) is 0 Å². The fraction of sp³-hybridized carbons (Fsp3) is 0.231. The summed E-state index contributed by atoms with van der Waals surface area (Å²) in [5, 5.41) is 6.47. The fourth-order valence-corrected chi connectivity index (χ4v) is 2.47. The van der Waals surface area contributed by atoms with Gasteiger partial charge in [-0.25, -0.2) is 0 Å². The van der Waals surface area contributed by atoms with Crippen LogP contribution in [-0.4, -0.2) is 18.1 Å². The number of carbonyl (C=O) groups excluding carboxylic acids is 1. The summed E-state index contributed by atoms with van der Waals surface area (Å²) >= 11 is 1.56. The molecular weight excluding hydrogens is 248 g/mol. The van der Waals surface area contributed by atoms with Crippen molar-refractivity contribution in [2.24, 2.45) is 0 Å². The summed E-state index contributed by atoms with van der Waals surface area (Å²) in [7, 11) is 1.63. The number of nitrogens with one attached hydrogen (secondary N) is 1. The highest BCUT2D eigenvalue weighted by Gasteiger charge is 2.10. The van der Waals surface area contributed by atoms with Crippen molar-refractivity contribution in [3.63, 3.8) is 0 Å². The van der Waals surface area contributed by atoms with Crippen molar-refractivity contribution in [1.82, 2.24) is 10.5 Å². The van der Waals surface area contributed by atoms with Crippen LogP contribution in [0.1, 0.15) is 21.8 Å². The highest BCUT2D eigenvalue weighted by atomic mass is 32.2. The topological polar surface area (TPSA) is 55.1 Å². The van der Waals surface area contributed by atoms with Crippen molar-refractivity contribution >= 4 is 17.7 Å². The minimum Gasteiger partial charge on any atom is -0.360 e. The summed E-state index contributed by atoms with van der Waals surface area (Å²) in [6.07, 6.45) is 0. The van der Waals surface area contributed by atoms with Gasteiger partial charge in [-0.1, -0.05) is 17.3 Å². The molecule has 0 unspecified atom stereocenters. The van der Waals surface area contributed by atoms with Crippen molar-refractivity contribution in [3.05, 3.63) is 47.3 Å². The lowest BCUT2D eigenvalue weighted by Gasteiger charge is -2.06. The molecule has 94 valence electrons. The summed E-state index contributed by atoms with van der Waals surface area (Å²) in [6.45, 7) is 1.89. The molecule has 0 aliphatic rings. The van der Waals surface area contributed by atoms with E-state index in [4.69, 9.17) is 4.52 Å². The molecule has 0 fully saturated rings. The van der Waals surface area contributed by atoms with Gasteiger partial charge < -0.3 is 9.84 Å². The second kappa shape index (κ2) is 5.73. The van der Waals surface area contributed by atoms with E-state index in [1.807, 2.05) is 37.3 Å². The van der Waals surface area contributed by atoms with Crippen molar-refractivity contribution in [3.8, 4) is 0 Å². The minimum atomic E-state index is -0.0770. The van der Waals surface area contributed by atoms with Crippen LogP contribution >= 0.6 is 11.8 Å². The van der Waals surface area contributed by atoms with E-state index in [-0.39, 0.29) is 5.91 Å². The van der Waals surface area contributed by atoms with Crippen LogP contribution in [0, 0.1) is 6.92 Å². The Morgan fingerprint density at radius 1 is 1.44 bits per heavy atom. The first kappa shape index (κ1) is 12.7. The normalized spacial score (nSPS) is 10.3. The van der Waals surface area contributed by atoms with Gasteiger partial charge in [0.25, 0.3) is 5.91 Å². The number of rotatable bonds is 4. The Morgan fingerprint density at radius 2 is 2.22 bits per heavy atom. The van der Waals surface area contributed by atoms with Crippen molar-refractivity contribution in [2.75, 3.05) is 7.05 Å². The molecule has 5 heteroatoms. The lowest BCUT2D eigenvalue weighted by atomic mass is 10.2. The predicted molar refractivity (Wildman–Crippen MR) is 70.6 cm³/mol. The van der Waals surface area contributed by atoms with Crippen LogP contribution in [0.15, 0.2) is 39.8 Å². The number of nitrogens with zero attached hydrogens (tertiary/aromatic N) is 1. The highest BCUT2D eigenvalue weighted by Crippen LogP contribution is 2.26. The zero-order valence-corrected chi connectivity index (χ0v) is 11.1. The zero-order valence-electron chi connectivity index (χ0n) is 10.3. The number of hydrogen-bond acceptors (Lipinski definition) is 4. The number of aromatic nitrogens is 1. The first-order valence-corrected chi connectivity index (χ1v) is 6.55. The maximum atomic E-state index is 11.7. The average molecular weight is 262 g/mol. The molecule has 0 spiro atoms. The monoisotopic (exact) mass is 262 g/mol. The quantitative estimate of drug-likeness (QED) is 0.861. The van der Waals surface area contributed by atoms with Crippen LogP contribution in [0.3, 0.4) is 0 Å². The largest absolute Gasteiger partial charge is 0.360 e. The zero-order chi connectivity index (χ0) is 13.0. The number of thioether (sulfide) groups is 1. The Kier molecular flexibility index (Phi) is 4.04. The lowest BCUT2D eigenvalue weighted by molar-refractivity contribution is 0.0960. The summed E-state index contributed by atoms with van der Waals surface area (Å²) in [5.74, 6) is 1.39. The van der Waals surface area contributed by atoms with Crippen LogP contribution in [0.2, 0.25) is 0 Å². The summed E-state index contributed by atoms with van der Waals surface area (Å²) in [5.41, 5.74) is 1.55. The van der Waals surface area contributed by atoms with Gasteiger partial charge in [0.1, 0.15) is 5.76 Å². The number of amides is 1. The first-order valence-electron chi connectivity index (χ1n) is 5.57.